The Morgan fingerprint density at radius 2 is 2.44 bits per heavy atom. The lowest BCUT2D eigenvalue weighted by atomic mass is 10.5. The Hall–Kier alpha value is -0.120. The third-order valence-electron chi connectivity index (χ3n) is 1.71. The summed E-state index contributed by atoms with van der Waals surface area (Å²) in [5.41, 5.74) is 3.27. The first-order valence-corrected chi connectivity index (χ1v) is 3.56. The van der Waals surface area contributed by atoms with Crippen LogP contribution in [0, 0.1) is 0 Å². The van der Waals surface area contributed by atoms with Crippen LogP contribution in [0.4, 0.5) is 0 Å². The summed E-state index contributed by atoms with van der Waals surface area (Å²) in [4.78, 5) is 0. The van der Waals surface area contributed by atoms with Crippen LogP contribution < -0.4 is 5.43 Å². The van der Waals surface area contributed by atoms with Gasteiger partial charge >= 0.3 is 0 Å². The molecule has 0 aromatic rings. The van der Waals surface area contributed by atoms with Crippen LogP contribution in [0.5, 0.6) is 0 Å². The van der Waals surface area contributed by atoms with E-state index in [2.05, 4.69) is 29.5 Å². The Kier molecular flexibility index (Phi) is 2.45. The van der Waals surface area contributed by atoms with Crippen LogP contribution in [0.15, 0.2) is 0 Å². The summed E-state index contributed by atoms with van der Waals surface area (Å²) in [6.07, 6.45) is 1.27. The van der Waals surface area contributed by atoms with E-state index in [0.717, 1.165) is 19.6 Å². The van der Waals surface area contributed by atoms with Crippen LogP contribution in [-0.2, 0) is 0 Å². The highest BCUT2D eigenvalue weighted by Crippen LogP contribution is 1.97. The number of nitrogens with zero attached hydrogens (tertiary/aromatic N) is 2. The molecule has 0 amide bonds. The molecule has 0 atom stereocenters. The topological polar surface area (TPSA) is 18.5 Å². The third-order valence-corrected chi connectivity index (χ3v) is 1.71. The quantitative estimate of drug-likeness (QED) is 0.569. The van der Waals surface area contributed by atoms with Crippen LogP contribution in [0.3, 0.4) is 0 Å². The second-order valence-electron chi connectivity index (χ2n) is 2.36. The highest BCUT2D eigenvalue weighted by molar-refractivity contribution is 4.57. The molecule has 54 valence electrons. The molecule has 1 saturated heterocycles. The minimum Gasteiger partial charge on any atom is -0.241 e. The zero-order valence-electron chi connectivity index (χ0n) is 6.22. The van der Waals surface area contributed by atoms with Crippen molar-refractivity contribution >= 4 is 0 Å². The van der Waals surface area contributed by atoms with Crippen molar-refractivity contribution in [2.24, 2.45) is 0 Å². The molecule has 3 nitrogen and oxygen atoms in total. The molecule has 0 spiro atoms. The van der Waals surface area contributed by atoms with Crippen LogP contribution in [-0.4, -0.2) is 36.8 Å². The summed E-state index contributed by atoms with van der Waals surface area (Å²) in [6.45, 7) is 5.52. The average Bonchev–Trinajstić information content (AvgIpc) is 2.37. The Morgan fingerprint density at radius 3 is 2.89 bits per heavy atom. The number of hydrogen-bond donors (Lipinski definition) is 1. The molecule has 0 aromatic carbocycles. The Balaban J connectivity index is 2.24. The van der Waals surface area contributed by atoms with Gasteiger partial charge in [0.1, 0.15) is 0 Å². The normalized spacial score (nSPS) is 21.7. The van der Waals surface area contributed by atoms with Gasteiger partial charge in [0.15, 0.2) is 0 Å². The van der Waals surface area contributed by atoms with Crippen LogP contribution in [0.1, 0.15) is 13.3 Å². The molecule has 3 heteroatoms. The van der Waals surface area contributed by atoms with Gasteiger partial charge in [-0.3, -0.25) is 0 Å². The monoisotopic (exact) mass is 129 g/mol. The Morgan fingerprint density at radius 1 is 1.67 bits per heavy atom. The maximum absolute atomic E-state index is 3.27. The van der Waals surface area contributed by atoms with E-state index in [1.54, 1.807) is 0 Å². The summed E-state index contributed by atoms with van der Waals surface area (Å²) in [5.74, 6) is 0. The summed E-state index contributed by atoms with van der Waals surface area (Å²) < 4.78 is 0. The van der Waals surface area contributed by atoms with E-state index < -0.39 is 0 Å². The fraction of sp³-hybridized carbons (Fsp3) is 1.00. The zero-order valence-corrected chi connectivity index (χ0v) is 6.22. The Bertz CT molecular complexity index is 78.4. The molecule has 0 bridgehead atoms. The van der Waals surface area contributed by atoms with Crippen LogP contribution in [0.2, 0.25) is 0 Å². The van der Waals surface area contributed by atoms with E-state index in [0.29, 0.717) is 0 Å². The smallest absolute Gasteiger partial charge is 0.0303 e. The van der Waals surface area contributed by atoms with Crippen LogP contribution >= 0.6 is 0 Å². The Labute approximate surface area is 56.6 Å². The second-order valence-corrected chi connectivity index (χ2v) is 2.36. The minimum absolute atomic E-state index is 1.08. The van der Waals surface area contributed by atoms with Gasteiger partial charge in [-0.2, -0.15) is 5.12 Å². The van der Waals surface area contributed by atoms with Crippen molar-refractivity contribution in [2.45, 2.75) is 13.3 Å². The van der Waals surface area contributed by atoms with E-state index >= 15 is 0 Å². The summed E-state index contributed by atoms with van der Waals surface area (Å²) >= 11 is 0. The van der Waals surface area contributed by atoms with Gasteiger partial charge < -0.3 is 0 Å². The summed E-state index contributed by atoms with van der Waals surface area (Å²) in [7, 11) is 2.10. The van der Waals surface area contributed by atoms with E-state index in [9.17, 15) is 0 Å². The van der Waals surface area contributed by atoms with E-state index in [1.807, 2.05) is 0 Å². The minimum atomic E-state index is 1.08. The lowest BCUT2D eigenvalue weighted by Crippen LogP contribution is -2.44. The fourth-order valence-electron chi connectivity index (χ4n) is 0.978. The van der Waals surface area contributed by atoms with Gasteiger partial charge in [0.25, 0.3) is 0 Å². The predicted molar refractivity (Wildman–Crippen MR) is 37.6 cm³/mol. The molecule has 0 aliphatic carbocycles. The molecule has 0 unspecified atom stereocenters. The molecular formula is C6H15N3. The van der Waals surface area contributed by atoms with E-state index in [-0.39, 0.29) is 0 Å². The van der Waals surface area contributed by atoms with Gasteiger partial charge in [0.2, 0.25) is 0 Å². The molecule has 0 aromatic heterocycles. The molecule has 1 aliphatic rings. The van der Waals surface area contributed by atoms with E-state index in [4.69, 9.17) is 0 Å². The molecule has 9 heavy (non-hydrogen) atoms. The standard InChI is InChI=1S/C6H15N3/c1-3-8(2)9-6-4-5-7-9/h7H,3-6H2,1-2H3. The van der Waals surface area contributed by atoms with Crippen molar-refractivity contribution < 1.29 is 0 Å². The van der Waals surface area contributed by atoms with Crippen molar-refractivity contribution in [3.8, 4) is 0 Å². The first kappa shape index (κ1) is 6.99. The van der Waals surface area contributed by atoms with Crippen molar-refractivity contribution in [3.05, 3.63) is 0 Å². The highest BCUT2D eigenvalue weighted by Gasteiger charge is 2.12. The molecule has 0 saturated carbocycles. The van der Waals surface area contributed by atoms with Crippen LogP contribution in [0.25, 0.3) is 0 Å². The van der Waals surface area contributed by atoms with Gasteiger partial charge in [-0.05, 0) is 6.42 Å². The average molecular weight is 129 g/mol. The first-order chi connectivity index (χ1) is 4.34. The van der Waals surface area contributed by atoms with Crippen molar-refractivity contribution in [1.82, 2.24) is 15.6 Å². The van der Waals surface area contributed by atoms with Crippen molar-refractivity contribution in [2.75, 3.05) is 26.7 Å². The summed E-state index contributed by atoms with van der Waals surface area (Å²) in [6, 6.07) is 0. The molecule has 1 N–H and O–H groups in total. The lowest BCUT2D eigenvalue weighted by molar-refractivity contribution is -0.0155. The number of hydrazine groups is 2. The number of rotatable bonds is 2. The summed E-state index contributed by atoms with van der Waals surface area (Å²) in [5, 5.41) is 4.35. The predicted octanol–water partition coefficient (Wildman–Crippen LogP) is 0.0634. The SMILES string of the molecule is CCN(C)N1CCCN1. The van der Waals surface area contributed by atoms with Gasteiger partial charge in [-0.1, -0.05) is 6.92 Å². The van der Waals surface area contributed by atoms with Crippen molar-refractivity contribution in [1.29, 1.82) is 0 Å². The second kappa shape index (κ2) is 3.15. The maximum Gasteiger partial charge on any atom is 0.0303 e. The van der Waals surface area contributed by atoms with E-state index in [1.165, 1.54) is 6.42 Å². The fourth-order valence-corrected chi connectivity index (χ4v) is 0.978. The molecule has 1 heterocycles. The molecular weight excluding hydrogens is 114 g/mol. The zero-order chi connectivity index (χ0) is 6.69. The van der Waals surface area contributed by atoms with Gasteiger partial charge in [0.05, 0.1) is 0 Å². The molecule has 1 fully saturated rings. The van der Waals surface area contributed by atoms with Gasteiger partial charge in [-0.15, -0.1) is 0 Å². The maximum atomic E-state index is 3.27. The lowest BCUT2D eigenvalue weighted by Gasteiger charge is -2.25. The number of nitrogens with one attached hydrogen (secondary N) is 1. The van der Waals surface area contributed by atoms with Gasteiger partial charge in [-0.25, -0.2) is 10.4 Å². The first-order valence-electron chi connectivity index (χ1n) is 3.56. The molecule has 0 radical (unpaired) electrons. The van der Waals surface area contributed by atoms with Crippen molar-refractivity contribution in [3.63, 3.8) is 0 Å². The largest absolute Gasteiger partial charge is 0.241 e. The highest BCUT2D eigenvalue weighted by atomic mass is 15.8. The third kappa shape index (κ3) is 1.64. The molecule has 1 rings (SSSR count). The van der Waals surface area contributed by atoms with Gasteiger partial charge in [0, 0.05) is 26.7 Å². The number of hydrogen-bond acceptors (Lipinski definition) is 3. The molecule has 1 aliphatic heterocycles.